The number of nitriles is 1. The number of thioether (sulfide) groups is 1. The van der Waals surface area contributed by atoms with Crippen molar-refractivity contribution in [2.75, 3.05) is 5.75 Å². The molecule has 2 aromatic rings. The van der Waals surface area contributed by atoms with Gasteiger partial charge in [-0.2, -0.15) is 5.26 Å². The van der Waals surface area contributed by atoms with Crippen LogP contribution in [0.15, 0.2) is 41.5 Å². The number of amidine groups is 1. The molecule has 1 aromatic heterocycles. The average Bonchev–Trinajstić information content (AvgIpc) is 3.11. The lowest BCUT2D eigenvalue weighted by atomic mass is 9.80. The fourth-order valence-corrected chi connectivity index (χ4v) is 5.27. The van der Waals surface area contributed by atoms with Crippen LogP contribution in [0.4, 0.5) is 4.39 Å². The van der Waals surface area contributed by atoms with E-state index in [4.69, 9.17) is 16.0 Å². The van der Waals surface area contributed by atoms with E-state index in [0.29, 0.717) is 22.2 Å². The third kappa shape index (κ3) is 3.44. The summed E-state index contributed by atoms with van der Waals surface area (Å²) in [5.74, 6) is 1.07. The maximum absolute atomic E-state index is 14.8. The van der Waals surface area contributed by atoms with Crippen LogP contribution in [0.1, 0.15) is 41.6 Å². The highest BCUT2D eigenvalue weighted by molar-refractivity contribution is 8.13. The molecule has 0 radical (unpaired) electrons. The molecule has 2 heterocycles. The smallest absolute Gasteiger partial charge is 0.154 e. The average molecular weight is 380 g/mol. The molecule has 2 unspecified atom stereocenters. The molecule has 6 heteroatoms. The van der Waals surface area contributed by atoms with Gasteiger partial charge in [-0.1, -0.05) is 30.3 Å². The van der Waals surface area contributed by atoms with Gasteiger partial charge in [0.25, 0.3) is 0 Å². The zero-order chi connectivity index (χ0) is 18.9. The number of rotatable bonds is 4. The summed E-state index contributed by atoms with van der Waals surface area (Å²) in [5.41, 5.74) is 8.77. The molecule has 2 aliphatic rings. The Kier molecular flexibility index (Phi) is 4.88. The molecule has 0 spiro atoms. The van der Waals surface area contributed by atoms with E-state index >= 15 is 0 Å². The van der Waals surface area contributed by atoms with Gasteiger partial charge in [0.1, 0.15) is 11.9 Å². The van der Waals surface area contributed by atoms with Gasteiger partial charge in [0.15, 0.2) is 5.17 Å². The molecule has 0 bridgehead atoms. The van der Waals surface area contributed by atoms with Crippen LogP contribution in [0.3, 0.4) is 0 Å². The number of hydrogen-bond acceptors (Lipinski definition) is 5. The van der Waals surface area contributed by atoms with E-state index in [1.807, 2.05) is 18.2 Å². The molecule has 1 saturated carbocycles. The van der Waals surface area contributed by atoms with Crippen molar-refractivity contribution in [3.8, 4) is 6.07 Å². The van der Waals surface area contributed by atoms with E-state index in [0.717, 1.165) is 49.1 Å². The van der Waals surface area contributed by atoms with Gasteiger partial charge in [-0.25, -0.2) is 4.39 Å². The number of aromatic nitrogens is 1. The number of fused-ring (bicyclic) bond motifs is 1. The highest BCUT2D eigenvalue weighted by Crippen LogP contribution is 2.51. The topological polar surface area (TPSA) is 75.1 Å². The lowest BCUT2D eigenvalue weighted by Crippen LogP contribution is -2.37. The minimum atomic E-state index is -0.498. The SMILES string of the molecule is N#Cc1ccc(CCc2ccc(F)c(C34CCCC3CSC(N)=N4)c2)nc1. The normalized spacial score (nSPS) is 24.1. The number of hydrogen-bond donors (Lipinski definition) is 1. The Balaban J connectivity index is 1.60. The molecular weight excluding hydrogens is 359 g/mol. The Morgan fingerprint density at radius 2 is 2.19 bits per heavy atom. The summed E-state index contributed by atoms with van der Waals surface area (Å²) < 4.78 is 14.8. The Bertz CT molecular complexity index is 919. The number of aliphatic imine (C=N–C) groups is 1. The fraction of sp³-hybridized carbons (Fsp3) is 0.381. The lowest BCUT2D eigenvalue weighted by molar-refractivity contribution is 0.341. The molecular formula is C21H21FN4S. The molecule has 1 aliphatic heterocycles. The van der Waals surface area contributed by atoms with Crippen LogP contribution in [0.2, 0.25) is 0 Å². The number of aryl methyl sites for hydroxylation is 2. The standard InChI is InChI=1S/C21H21FN4S/c22-19-8-5-14(3-6-17-7-4-15(11-23)12-25-17)10-18(19)21-9-1-2-16(21)13-27-20(24)26-21/h4-5,7-8,10,12,16H,1-3,6,9,13H2,(H2,24,26). The van der Waals surface area contributed by atoms with Crippen LogP contribution in [0.25, 0.3) is 0 Å². The van der Waals surface area contributed by atoms with Crippen molar-refractivity contribution in [3.63, 3.8) is 0 Å². The Labute approximate surface area is 162 Å². The van der Waals surface area contributed by atoms with Crippen LogP contribution < -0.4 is 5.73 Å². The molecule has 138 valence electrons. The van der Waals surface area contributed by atoms with Gasteiger partial charge >= 0.3 is 0 Å². The summed E-state index contributed by atoms with van der Waals surface area (Å²) >= 11 is 1.58. The first-order valence-electron chi connectivity index (χ1n) is 9.23. The number of nitrogens with two attached hydrogens (primary N) is 1. The van der Waals surface area contributed by atoms with Crippen LogP contribution >= 0.6 is 11.8 Å². The number of benzene rings is 1. The van der Waals surface area contributed by atoms with Gasteiger partial charge in [-0.15, -0.1) is 0 Å². The monoisotopic (exact) mass is 380 g/mol. The largest absolute Gasteiger partial charge is 0.379 e. The number of halogens is 1. The van der Waals surface area contributed by atoms with Gasteiger partial charge in [-0.05, 0) is 55.4 Å². The molecule has 4 nitrogen and oxygen atoms in total. The van der Waals surface area contributed by atoms with Crippen LogP contribution in [-0.4, -0.2) is 15.9 Å². The predicted molar refractivity (Wildman–Crippen MR) is 106 cm³/mol. The minimum absolute atomic E-state index is 0.189. The van der Waals surface area contributed by atoms with Gasteiger partial charge in [0, 0.05) is 23.2 Å². The van der Waals surface area contributed by atoms with E-state index in [-0.39, 0.29) is 5.82 Å². The molecule has 1 aromatic carbocycles. The van der Waals surface area contributed by atoms with Crippen LogP contribution in [0, 0.1) is 23.1 Å². The summed E-state index contributed by atoms with van der Waals surface area (Å²) in [5, 5.41) is 9.43. The van der Waals surface area contributed by atoms with Gasteiger partial charge in [-0.3, -0.25) is 9.98 Å². The summed E-state index contributed by atoms with van der Waals surface area (Å²) in [6.07, 6.45) is 6.08. The Hall–Kier alpha value is -2.39. The first-order chi connectivity index (χ1) is 13.1. The van der Waals surface area contributed by atoms with Crippen LogP contribution in [-0.2, 0) is 18.4 Å². The highest BCUT2D eigenvalue weighted by Gasteiger charge is 2.47. The maximum Gasteiger partial charge on any atom is 0.154 e. The molecule has 4 rings (SSSR count). The molecule has 2 N–H and O–H groups in total. The van der Waals surface area contributed by atoms with E-state index < -0.39 is 5.54 Å². The summed E-state index contributed by atoms with van der Waals surface area (Å²) in [4.78, 5) is 9.08. The first kappa shape index (κ1) is 18.0. The van der Waals surface area contributed by atoms with Crippen molar-refractivity contribution in [2.24, 2.45) is 16.6 Å². The van der Waals surface area contributed by atoms with E-state index in [1.165, 1.54) is 0 Å². The quantitative estimate of drug-likeness (QED) is 0.872. The number of nitrogens with zero attached hydrogens (tertiary/aromatic N) is 3. The van der Waals surface area contributed by atoms with Crippen molar-refractivity contribution in [3.05, 3.63) is 64.7 Å². The van der Waals surface area contributed by atoms with Crippen molar-refractivity contribution in [1.82, 2.24) is 4.98 Å². The van der Waals surface area contributed by atoms with E-state index in [2.05, 4.69) is 11.1 Å². The third-order valence-corrected chi connectivity index (χ3v) is 6.60. The number of pyridine rings is 1. The summed E-state index contributed by atoms with van der Waals surface area (Å²) in [7, 11) is 0. The molecule has 1 aliphatic carbocycles. The lowest BCUT2D eigenvalue weighted by Gasteiger charge is -2.36. The molecule has 0 amide bonds. The second-order valence-corrected chi connectivity index (χ2v) is 8.28. The highest BCUT2D eigenvalue weighted by atomic mass is 32.2. The Morgan fingerprint density at radius 3 is 2.96 bits per heavy atom. The van der Waals surface area contributed by atoms with E-state index in [1.54, 1.807) is 30.1 Å². The van der Waals surface area contributed by atoms with Crippen molar-refractivity contribution >= 4 is 16.9 Å². The Morgan fingerprint density at radius 1 is 1.30 bits per heavy atom. The summed E-state index contributed by atoms with van der Waals surface area (Å²) in [6, 6.07) is 11.1. The summed E-state index contributed by atoms with van der Waals surface area (Å²) in [6.45, 7) is 0. The maximum atomic E-state index is 14.8. The molecule has 27 heavy (non-hydrogen) atoms. The van der Waals surface area contributed by atoms with Crippen LogP contribution in [0.5, 0.6) is 0 Å². The third-order valence-electron chi connectivity index (χ3n) is 5.65. The predicted octanol–water partition coefficient (Wildman–Crippen LogP) is 3.93. The van der Waals surface area contributed by atoms with Crippen molar-refractivity contribution in [2.45, 2.75) is 37.6 Å². The van der Waals surface area contributed by atoms with Crippen molar-refractivity contribution in [1.29, 1.82) is 5.26 Å². The second kappa shape index (κ2) is 7.32. The van der Waals surface area contributed by atoms with Crippen molar-refractivity contribution < 1.29 is 4.39 Å². The molecule has 1 fully saturated rings. The van der Waals surface area contributed by atoms with E-state index in [9.17, 15) is 4.39 Å². The minimum Gasteiger partial charge on any atom is -0.379 e. The van der Waals surface area contributed by atoms with Gasteiger partial charge in [0.2, 0.25) is 0 Å². The van der Waals surface area contributed by atoms with Gasteiger partial charge < -0.3 is 5.73 Å². The second-order valence-electron chi connectivity index (χ2n) is 7.24. The van der Waals surface area contributed by atoms with Gasteiger partial charge in [0.05, 0.1) is 11.1 Å². The molecule has 2 atom stereocenters. The first-order valence-corrected chi connectivity index (χ1v) is 10.2. The molecule has 0 saturated heterocycles. The zero-order valence-corrected chi connectivity index (χ0v) is 15.8. The fourth-order valence-electron chi connectivity index (χ4n) is 4.23. The zero-order valence-electron chi connectivity index (χ0n) is 15.0.